The summed E-state index contributed by atoms with van der Waals surface area (Å²) in [5, 5.41) is 14.2. The summed E-state index contributed by atoms with van der Waals surface area (Å²) in [5.41, 5.74) is 6.00. The molecule has 3 heterocycles. The Kier molecular flexibility index (Phi) is 5.97. The lowest BCUT2D eigenvalue weighted by Gasteiger charge is -2.26. The van der Waals surface area contributed by atoms with E-state index >= 15 is 0 Å². The third-order valence-electron chi connectivity index (χ3n) is 8.00. The number of amides is 2. The molecule has 2 unspecified atom stereocenters. The highest BCUT2D eigenvalue weighted by Crippen LogP contribution is 2.65. The van der Waals surface area contributed by atoms with Crippen molar-refractivity contribution in [1.82, 2.24) is 25.0 Å². The number of anilines is 1. The van der Waals surface area contributed by atoms with E-state index in [9.17, 15) is 14.0 Å². The summed E-state index contributed by atoms with van der Waals surface area (Å²) in [7, 11) is 1.66. The van der Waals surface area contributed by atoms with Crippen LogP contribution >= 0.6 is 0 Å². The average molecular weight is 526 g/mol. The van der Waals surface area contributed by atoms with Crippen molar-refractivity contribution >= 4 is 23.7 Å². The van der Waals surface area contributed by atoms with Gasteiger partial charge in [-0.2, -0.15) is 10.2 Å². The summed E-state index contributed by atoms with van der Waals surface area (Å²) < 4.78 is 15.5. The van der Waals surface area contributed by atoms with Gasteiger partial charge in [0.2, 0.25) is 5.91 Å². The third-order valence-corrected chi connectivity index (χ3v) is 8.00. The Balaban J connectivity index is 1.32. The van der Waals surface area contributed by atoms with Gasteiger partial charge in [0.15, 0.2) is 0 Å². The number of hydrogen-bond donors (Lipinski definition) is 2. The smallest absolute Gasteiger partial charge is 0.294 e. The zero-order valence-corrected chi connectivity index (χ0v) is 21.9. The zero-order chi connectivity index (χ0) is 27.3. The molecule has 1 spiro atoms. The summed E-state index contributed by atoms with van der Waals surface area (Å²) in [4.78, 5) is 35.4. The van der Waals surface area contributed by atoms with E-state index in [4.69, 9.17) is 0 Å². The average Bonchev–Trinajstić information content (AvgIpc) is 3.24. The number of fused-ring (bicyclic) bond motifs is 1. The van der Waals surface area contributed by atoms with Gasteiger partial charge in [-0.1, -0.05) is 6.07 Å². The van der Waals surface area contributed by atoms with Gasteiger partial charge >= 0.3 is 0 Å². The summed E-state index contributed by atoms with van der Waals surface area (Å²) >= 11 is 0. The van der Waals surface area contributed by atoms with Crippen molar-refractivity contribution in [3.8, 4) is 11.3 Å². The number of aliphatic imine (C=N–C) groups is 1. The highest BCUT2D eigenvalue weighted by molar-refractivity contribution is 6.07. The molecule has 2 aliphatic rings. The van der Waals surface area contributed by atoms with Crippen LogP contribution in [0.2, 0.25) is 0 Å². The lowest BCUT2D eigenvalue weighted by atomic mass is 9.79. The Labute approximate surface area is 224 Å². The first-order valence-corrected chi connectivity index (χ1v) is 12.9. The van der Waals surface area contributed by atoms with E-state index in [1.54, 1.807) is 37.5 Å². The van der Waals surface area contributed by atoms with Crippen molar-refractivity contribution in [2.24, 2.45) is 23.4 Å². The molecular formula is C29H28FN7O2. The van der Waals surface area contributed by atoms with E-state index in [0.717, 1.165) is 46.6 Å². The maximum atomic E-state index is 14.1. The van der Waals surface area contributed by atoms with Crippen LogP contribution in [0.1, 0.15) is 51.8 Å². The number of H-pyrrole nitrogens is 1. The van der Waals surface area contributed by atoms with Gasteiger partial charge in [-0.25, -0.2) is 9.38 Å². The van der Waals surface area contributed by atoms with Crippen molar-refractivity contribution in [1.29, 1.82) is 0 Å². The number of carbonyl (C=O) groups excluding carboxylic acids is 2. The molecule has 198 valence electrons. The molecule has 10 heteroatoms. The summed E-state index contributed by atoms with van der Waals surface area (Å²) in [5.74, 6) is -2.03. The molecule has 0 saturated heterocycles. The Hall–Kier alpha value is -4.47. The SMILES string of the molecule is Cc1n[nH]c(C)c1-c1ccc(NC(=O)C(C=NC(=O)c2ccnn2C)C2c3ccc(F)cc3CC23CC3)cn1. The summed E-state index contributed by atoms with van der Waals surface area (Å²) in [6, 6.07) is 9.98. The second-order valence-electron chi connectivity index (χ2n) is 10.5. The molecule has 3 aromatic heterocycles. The number of nitrogens with zero attached hydrogens (tertiary/aromatic N) is 5. The lowest BCUT2D eigenvalue weighted by molar-refractivity contribution is -0.118. The number of aromatic amines is 1. The highest BCUT2D eigenvalue weighted by Gasteiger charge is 2.57. The van der Waals surface area contributed by atoms with Crippen LogP contribution in [-0.4, -0.2) is 43.0 Å². The molecular weight excluding hydrogens is 497 g/mol. The predicted octanol–water partition coefficient (Wildman–Crippen LogP) is 4.55. The normalized spacial score (nSPS) is 17.9. The minimum atomic E-state index is -0.741. The fourth-order valence-electron chi connectivity index (χ4n) is 5.95. The van der Waals surface area contributed by atoms with Gasteiger partial charge in [0, 0.05) is 36.6 Å². The van der Waals surface area contributed by atoms with Crippen molar-refractivity contribution in [2.45, 2.75) is 39.0 Å². The Morgan fingerprint density at radius 2 is 2.05 bits per heavy atom. The summed E-state index contributed by atoms with van der Waals surface area (Å²) in [6.45, 7) is 3.84. The van der Waals surface area contributed by atoms with Crippen LogP contribution in [0.3, 0.4) is 0 Å². The molecule has 1 fully saturated rings. The molecule has 1 aromatic carbocycles. The number of benzene rings is 1. The van der Waals surface area contributed by atoms with Gasteiger partial charge in [0.25, 0.3) is 5.91 Å². The first-order chi connectivity index (χ1) is 18.8. The molecule has 2 N–H and O–H groups in total. The van der Waals surface area contributed by atoms with Gasteiger partial charge in [0.05, 0.1) is 29.2 Å². The number of nitrogens with one attached hydrogen (secondary N) is 2. The number of carbonyl (C=O) groups is 2. The molecule has 4 aromatic rings. The minimum Gasteiger partial charge on any atom is -0.324 e. The third kappa shape index (κ3) is 4.45. The maximum Gasteiger partial charge on any atom is 0.294 e. The number of rotatable bonds is 6. The van der Waals surface area contributed by atoms with E-state index in [-0.39, 0.29) is 23.1 Å². The van der Waals surface area contributed by atoms with Crippen LogP contribution in [0.15, 0.2) is 53.8 Å². The zero-order valence-electron chi connectivity index (χ0n) is 21.9. The molecule has 0 aliphatic heterocycles. The van der Waals surface area contributed by atoms with Gasteiger partial charge in [-0.05, 0) is 80.0 Å². The molecule has 1 saturated carbocycles. The minimum absolute atomic E-state index is 0.141. The van der Waals surface area contributed by atoms with Crippen LogP contribution < -0.4 is 5.32 Å². The van der Waals surface area contributed by atoms with Gasteiger partial charge in [-0.15, -0.1) is 0 Å². The van der Waals surface area contributed by atoms with Crippen molar-refractivity contribution < 1.29 is 14.0 Å². The fourth-order valence-corrected chi connectivity index (χ4v) is 5.95. The molecule has 2 amide bonds. The van der Waals surface area contributed by atoms with E-state index in [1.165, 1.54) is 23.2 Å². The van der Waals surface area contributed by atoms with Crippen LogP contribution in [0.4, 0.5) is 10.1 Å². The molecule has 2 atom stereocenters. The molecule has 39 heavy (non-hydrogen) atoms. The quantitative estimate of drug-likeness (QED) is 0.358. The number of aryl methyl sites for hydroxylation is 3. The molecule has 6 rings (SSSR count). The molecule has 0 bridgehead atoms. The van der Waals surface area contributed by atoms with Gasteiger partial charge < -0.3 is 5.32 Å². The van der Waals surface area contributed by atoms with E-state index < -0.39 is 11.8 Å². The topological polar surface area (TPSA) is 118 Å². The van der Waals surface area contributed by atoms with Crippen LogP contribution in [0.25, 0.3) is 11.3 Å². The number of pyridine rings is 1. The standard InChI is InChI=1S/C29H28FN7O2/c1-16-25(17(2)36-35-16)23-7-5-20(14-31-23)34-27(38)22(15-32-28(39)24-8-11-33-37(24)3)26-21-6-4-19(30)12-18(21)13-29(26)9-10-29/h4-8,11-12,14-15,22,26H,9-10,13H2,1-3H3,(H,34,38)(H,35,36). The first kappa shape index (κ1) is 24.8. The first-order valence-electron chi connectivity index (χ1n) is 12.9. The van der Waals surface area contributed by atoms with Crippen molar-refractivity contribution in [3.05, 3.63) is 82.8 Å². The summed E-state index contributed by atoms with van der Waals surface area (Å²) in [6.07, 6.45) is 7.16. The highest BCUT2D eigenvalue weighted by atomic mass is 19.1. The maximum absolute atomic E-state index is 14.1. The van der Waals surface area contributed by atoms with Crippen molar-refractivity contribution in [3.63, 3.8) is 0 Å². The second-order valence-corrected chi connectivity index (χ2v) is 10.5. The lowest BCUT2D eigenvalue weighted by Crippen LogP contribution is -2.32. The predicted molar refractivity (Wildman–Crippen MR) is 144 cm³/mol. The Morgan fingerprint density at radius 3 is 2.69 bits per heavy atom. The van der Waals surface area contributed by atoms with E-state index in [0.29, 0.717) is 17.8 Å². The Bertz CT molecular complexity index is 1600. The van der Waals surface area contributed by atoms with E-state index in [2.05, 4.69) is 30.6 Å². The van der Waals surface area contributed by atoms with Gasteiger partial charge in [0.1, 0.15) is 11.5 Å². The largest absolute Gasteiger partial charge is 0.324 e. The van der Waals surface area contributed by atoms with Crippen LogP contribution in [0.5, 0.6) is 0 Å². The van der Waals surface area contributed by atoms with E-state index in [1.807, 2.05) is 19.9 Å². The monoisotopic (exact) mass is 525 g/mol. The Morgan fingerprint density at radius 1 is 1.23 bits per heavy atom. The van der Waals surface area contributed by atoms with Crippen LogP contribution in [0, 0.1) is 31.0 Å². The van der Waals surface area contributed by atoms with Crippen LogP contribution in [-0.2, 0) is 18.3 Å². The van der Waals surface area contributed by atoms with Gasteiger partial charge in [-0.3, -0.25) is 24.4 Å². The number of aromatic nitrogens is 5. The van der Waals surface area contributed by atoms with Crippen molar-refractivity contribution in [2.75, 3.05) is 5.32 Å². The fraction of sp³-hybridized carbons (Fsp3) is 0.310. The number of hydrogen-bond acceptors (Lipinski definition) is 5. The number of halogens is 1. The molecule has 2 aliphatic carbocycles. The molecule has 0 radical (unpaired) electrons. The second kappa shape index (κ2) is 9.37. The molecule has 9 nitrogen and oxygen atoms in total.